The Hall–Kier alpha value is -4.09. The lowest BCUT2D eigenvalue weighted by Gasteiger charge is -2.39. The molecule has 182 valence electrons. The van der Waals surface area contributed by atoms with E-state index in [1.165, 1.54) is 12.7 Å². The van der Waals surface area contributed by atoms with Crippen LogP contribution in [0.15, 0.2) is 55.4 Å². The molecular formula is C24H22ClN9O2. The summed E-state index contributed by atoms with van der Waals surface area (Å²) in [4.78, 5) is 23.8. The average molecular weight is 504 g/mol. The summed E-state index contributed by atoms with van der Waals surface area (Å²) in [5.74, 6) is 2.10. The molecule has 4 aromatic heterocycles. The van der Waals surface area contributed by atoms with Crippen molar-refractivity contribution in [2.45, 2.75) is 24.9 Å². The predicted molar refractivity (Wildman–Crippen MR) is 135 cm³/mol. The number of hydrogen-bond acceptors (Lipinski definition) is 10. The molecule has 1 aromatic carbocycles. The highest BCUT2D eigenvalue weighted by Gasteiger charge is 2.36. The summed E-state index contributed by atoms with van der Waals surface area (Å²) in [5, 5.41) is 18.3. The Kier molecular flexibility index (Phi) is 5.50. The van der Waals surface area contributed by atoms with Crippen molar-refractivity contribution in [3.8, 4) is 11.5 Å². The summed E-state index contributed by atoms with van der Waals surface area (Å²) in [6.45, 7) is 0.468. The van der Waals surface area contributed by atoms with Gasteiger partial charge in [-0.05, 0) is 43.5 Å². The third kappa shape index (κ3) is 4.34. The van der Waals surface area contributed by atoms with E-state index < -0.39 is 5.60 Å². The van der Waals surface area contributed by atoms with Gasteiger partial charge in [-0.1, -0.05) is 11.6 Å². The van der Waals surface area contributed by atoms with Gasteiger partial charge < -0.3 is 20.1 Å². The molecule has 1 fully saturated rings. The van der Waals surface area contributed by atoms with Gasteiger partial charge in [0.1, 0.15) is 35.2 Å². The second kappa shape index (κ2) is 8.85. The molecule has 1 aliphatic carbocycles. The number of hydrogen-bond donors (Lipinski definition) is 2. The minimum Gasteiger partial charge on any atom is -0.456 e. The third-order valence-electron chi connectivity index (χ3n) is 6.20. The molecule has 1 saturated carbocycles. The zero-order valence-electron chi connectivity index (χ0n) is 19.3. The molecule has 0 spiro atoms. The summed E-state index contributed by atoms with van der Waals surface area (Å²) in [5.41, 5.74) is 1.86. The fourth-order valence-electron chi connectivity index (χ4n) is 4.16. The largest absolute Gasteiger partial charge is 0.456 e. The second-order valence-electron chi connectivity index (χ2n) is 8.86. The van der Waals surface area contributed by atoms with E-state index in [0.717, 1.165) is 19.3 Å². The fraction of sp³-hybridized carbons (Fsp3) is 0.250. The van der Waals surface area contributed by atoms with E-state index in [1.54, 1.807) is 41.2 Å². The van der Waals surface area contributed by atoms with Crippen LogP contribution in [0.4, 0.5) is 17.5 Å². The number of benzene rings is 1. The van der Waals surface area contributed by atoms with Crippen molar-refractivity contribution in [3.05, 3.63) is 60.4 Å². The van der Waals surface area contributed by atoms with Crippen LogP contribution in [0.25, 0.3) is 16.7 Å². The van der Waals surface area contributed by atoms with Crippen molar-refractivity contribution in [3.63, 3.8) is 0 Å². The summed E-state index contributed by atoms with van der Waals surface area (Å²) < 4.78 is 7.59. The number of aliphatic hydroxyl groups is 1. The minimum absolute atomic E-state index is 0.420. The molecule has 5 aromatic rings. The van der Waals surface area contributed by atoms with Crippen LogP contribution in [-0.4, -0.2) is 58.8 Å². The normalized spacial score (nSPS) is 14.5. The van der Waals surface area contributed by atoms with Crippen LogP contribution >= 0.6 is 11.6 Å². The number of fused-ring (bicyclic) bond motifs is 2. The SMILES string of the molecule is CN(CC1(O)CCC1)c1ncc2ncnc(Nc3ccc(Oc4ccn5ncnc5c4)c(Cl)c3)c2n1. The van der Waals surface area contributed by atoms with Gasteiger partial charge in [0.15, 0.2) is 11.5 Å². The van der Waals surface area contributed by atoms with E-state index in [0.29, 0.717) is 57.2 Å². The maximum Gasteiger partial charge on any atom is 0.225 e. The molecule has 6 rings (SSSR count). The van der Waals surface area contributed by atoms with E-state index >= 15 is 0 Å². The molecule has 0 saturated heterocycles. The van der Waals surface area contributed by atoms with Crippen LogP contribution < -0.4 is 15.0 Å². The molecule has 0 radical (unpaired) electrons. The van der Waals surface area contributed by atoms with Crippen LogP contribution in [0.3, 0.4) is 0 Å². The van der Waals surface area contributed by atoms with E-state index in [4.69, 9.17) is 16.3 Å². The first kappa shape index (κ1) is 22.4. The van der Waals surface area contributed by atoms with Crippen LogP contribution in [-0.2, 0) is 0 Å². The molecule has 4 heterocycles. The first-order valence-electron chi connectivity index (χ1n) is 11.4. The van der Waals surface area contributed by atoms with Crippen LogP contribution in [0, 0.1) is 0 Å². The lowest BCUT2D eigenvalue weighted by molar-refractivity contribution is -0.0249. The fourth-order valence-corrected chi connectivity index (χ4v) is 4.38. The summed E-state index contributed by atoms with van der Waals surface area (Å²) in [6, 6.07) is 8.93. The Balaban J connectivity index is 1.23. The van der Waals surface area contributed by atoms with Crippen molar-refractivity contribution < 1.29 is 9.84 Å². The van der Waals surface area contributed by atoms with Crippen LogP contribution in [0.2, 0.25) is 5.02 Å². The first-order valence-corrected chi connectivity index (χ1v) is 11.8. The zero-order chi connectivity index (χ0) is 24.7. The van der Waals surface area contributed by atoms with Gasteiger partial charge in [0, 0.05) is 31.5 Å². The highest BCUT2D eigenvalue weighted by Crippen LogP contribution is 2.34. The number of anilines is 3. The molecule has 2 N–H and O–H groups in total. The summed E-state index contributed by atoms with van der Waals surface area (Å²) >= 11 is 6.52. The van der Waals surface area contributed by atoms with Crippen molar-refractivity contribution in [2.75, 3.05) is 23.8 Å². The van der Waals surface area contributed by atoms with E-state index in [2.05, 4.69) is 35.3 Å². The van der Waals surface area contributed by atoms with Crippen molar-refractivity contribution in [1.82, 2.24) is 34.5 Å². The van der Waals surface area contributed by atoms with Crippen molar-refractivity contribution >= 4 is 45.7 Å². The van der Waals surface area contributed by atoms with Gasteiger partial charge in [-0.15, -0.1) is 0 Å². The zero-order valence-corrected chi connectivity index (χ0v) is 20.1. The maximum absolute atomic E-state index is 10.5. The Morgan fingerprint density at radius 3 is 2.83 bits per heavy atom. The second-order valence-corrected chi connectivity index (χ2v) is 9.26. The van der Waals surface area contributed by atoms with Gasteiger partial charge in [0.25, 0.3) is 0 Å². The van der Waals surface area contributed by atoms with E-state index in [-0.39, 0.29) is 0 Å². The number of halogens is 1. The molecule has 0 amide bonds. The highest BCUT2D eigenvalue weighted by atomic mass is 35.5. The van der Waals surface area contributed by atoms with Crippen molar-refractivity contribution in [2.24, 2.45) is 0 Å². The molecule has 36 heavy (non-hydrogen) atoms. The number of nitrogens with zero attached hydrogens (tertiary/aromatic N) is 8. The summed E-state index contributed by atoms with van der Waals surface area (Å²) in [6.07, 6.45) is 8.96. The lowest BCUT2D eigenvalue weighted by Crippen LogP contribution is -2.47. The summed E-state index contributed by atoms with van der Waals surface area (Å²) in [7, 11) is 1.87. The highest BCUT2D eigenvalue weighted by molar-refractivity contribution is 6.32. The maximum atomic E-state index is 10.5. The Labute approximate surface area is 210 Å². The van der Waals surface area contributed by atoms with Gasteiger partial charge in [-0.25, -0.2) is 29.4 Å². The van der Waals surface area contributed by atoms with Gasteiger partial charge >= 0.3 is 0 Å². The quantitative estimate of drug-likeness (QED) is 0.336. The molecule has 0 bridgehead atoms. The third-order valence-corrected chi connectivity index (χ3v) is 6.49. The minimum atomic E-state index is -0.677. The smallest absolute Gasteiger partial charge is 0.225 e. The van der Waals surface area contributed by atoms with E-state index in [1.807, 2.05) is 18.0 Å². The molecule has 0 aliphatic heterocycles. The van der Waals surface area contributed by atoms with Crippen LogP contribution in [0.5, 0.6) is 11.5 Å². The Morgan fingerprint density at radius 1 is 1.14 bits per heavy atom. The number of pyridine rings is 1. The van der Waals surface area contributed by atoms with Crippen molar-refractivity contribution in [1.29, 1.82) is 0 Å². The number of likely N-dealkylation sites (N-methyl/N-ethyl adjacent to an activating group) is 1. The van der Waals surface area contributed by atoms with Gasteiger partial charge in [-0.3, -0.25) is 0 Å². The molecule has 1 aliphatic rings. The predicted octanol–water partition coefficient (Wildman–Crippen LogP) is 4.00. The first-order chi connectivity index (χ1) is 17.5. The molecule has 11 nitrogen and oxygen atoms in total. The number of aromatic nitrogens is 7. The number of ether oxygens (including phenoxy) is 1. The average Bonchev–Trinajstić information content (AvgIpc) is 3.33. The lowest BCUT2D eigenvalue weighted by atomic mass is 9.80. The Bertz CT molecular complexity index is 1570. The van der Waals surface area contributed by atoms with Crippen LogP contribution in [0.1, 0.15) is 19.3 Å². The molecule has 0 unspecified atom stereocenters. The van der Waals surface area contributed by atoms with Gasteiger partial charge in [-0.2, -0.15) is 5.10 Å². The van der Waals surface area contributed by atoms with Gasteiger partial charge in [0.2, 0.25) is 5.95 Å². The number of rotatable bonds is 7. The Morgan fingerprint density at radius 2 is 2.03 bits per heavy atom. The number of nitrogens with one attached hydrogen (secondary N) is 1. The molecule has 0 atom stereocenters. The standard InChI is InChI=1S/C24H22ClN9O2/c1-33(12-24(35)6-2-7-24)23-26-11-18-21(32-23)22(29-13-27-18)31-15-3-4-19(17(25)9-15)36-16-5-8-34-20(10-16)28-14-30-34/h3-5,8-11,13-14,35H,2,6-7,12H2,1H3,(H,27,29,31). The monoisotopic (exact) mass is 503 g/mol. The molecular weight excluding hydrogens is 482 g/mol. The van der Waals surface area contributed by atoms with E-state index in [9.17, 15) is 5.11 Å². The topological polar surface area (TPSA) is 126 Å². The molecule has 12 heteroatoms. The van der Waals surface area contributed by atoms with Gasteiger partial charge in [0.05, 0.1) is 16.8 Å².